The maximum atomic E-state index is 11.9. The number of hydrogen-bond donors (Lipinski definition) is 1. The lowest BCUT2D eigenvalue weighted by atomic mass is 10.1. The SMILES string of the molecule is Cc1nn(C2CCS(=O)(=O)C2)c(C)c1C=C(CC(=O)O)c1nc2ccccc2s1. The summed E-state index contributed by atoms with van der Waals surface area (Å²) >= 11 is 1.46. The first-order chi connectivity index (χ1) is 13.7. The predicted molar refractivity (Wildman–Crippen MR) is 114 cm³/mol. The van der Waals surface area contributed by atoms with Gasteiger partial charge < -0.3 is 5.11 Å². The second kappa shape index (κ2) is 7.38. The molecule has 3 heterocycles. The van der Waals surface area contributed by atoms with Gasteiger partial charge in [-0.25, -0.2) is 13.4 Å². The second-order valence-electron chi connectivity index (χ2n) is 7.31. The molecule has 0 bridgehead atoms. The van der Waals surface area contributed by atoms with E-state index in [4.69, 9.17) is 0 Å². The highest BCUT2D eigenvalue weighted by molar-refractivity contribution is 7.91. The number of sulfone groups is 1. The Balaban J connectivity index is 1.77. The largest absolute Gasteiger partial charge is 0.481 e. The van der Waals surface area contributed by atoms with E-state index in [-0.39, 0.29) is 24.0 Å². The van der Waals surface area contributed by atoms with Gasteiger partial charge >= 0.3 is 5.97 Å². The fourth-order valence-corrected chi connectivity index (χ4v) is 6.41. The summed E-state index contributed by atoms with van der Waals surface area (Å²) in [5.41, 5.74) is 3.86. The summed E-state index contributed by atoms with van der Waals surface area (Å²) in [7, 11) is -3.02. The van der Waals surface area contributed by atoms with Crippen LogP contribution in [0.4, 0.5) is 0 Å². The van der Waals surface area contributed by atoms with Crippen LogP contribution >= 0.6 is 11.3 Å². The number of aryl methyl sites for hydroxylation is 1. The molecule has 1 aliphatic heterocycles. The van der Waals surface area contributed by atoms with E-state index < -0.39 is 15.8 Å². The van der Waals surface area contributed by atoms with Crippen LogP contribution in [-0.2, 0) is 14.6 Å². The number of benzene rings is 1. The second-order valence-corrected chi connectivity index (χ2v) is 10.6. The number of thiazole rings is 1. The number of aromatic nitrogens is 3. The zero-order valence-electron chi connectivity index (χ0n) is 16.1. The standard InChI is InChI=1S/C20H21N3O4S2/c1-12-16(13(2)23(22-12)15-7-8-29(26,27)11-15)9-14(10-19(24)25)20-21-17-5-3-4-6-18(17)28-20/h3-6,9,15H,7-8,10-11H2,1-2H3,(H,24,25). The molecule has 3 aromatic rings. The minimum absolute atomic E-state index is 0.0952. The van der Waals surface area contributed by atoms with E-state index in [0.29, 0.717) is 17.0 Å². The van der Waals surface area contributed by atoms with Gasteiger partial charge in [0.2, 0.25) is 0 Å². The predicted octanol–water partition coefficient (Wildman–Crippen LogP) is 3.48. The minimum atomic E-state index is -3.02. The Bertz CT molecular complexity index is 1200. The summed E-state index contributed by atoms with van der Waals surface area (Å²) < 4.78 is 26.5. The molecule has 1 aliphatic rings. The average Bonchev–Trinajstić information content (AvgIpc) is 3.31. The molecule has 2 aromatic heterocycles. The molecule has 0 radical (unpaired) electrons. The van der Waals surface area contributed by atoms with Crippen molar-refractivity contribution in [2.75, 3.05) is 11.5 Å². The summed E-state index contributed by atoms with van der Waals surface area (Å²) in [6, 6.07) is 7.53. The minimum Gasteiger partial charge on any atom is -0.481 e. The van der Waals surface area contributed by atoms with E-state index in [2.05, 4.69) is 10.1 Å². The molecular formula is C20H21N3O4S2. The molecule has 1 atom stereocenters. The van der Waals surface area contributed by atoms with Crippen molar-refractivity contribution in [3.63, 3.8) is 0 Å². The maximum Gasteiger partial charge on any atom is 0.307 e. The van der Waals surface area contributed by atoms with Crippen molar-refractivity contribution < 1.29 is 18.3 Å². The zero-order valence-corrected chi connectivity index (χ0v) is 17.8. The molecule has 1 aromatic carbocycles. The van der Waals surface area contributed by atoms with E-state index >= 15 is 0 Å². The number of carboxylic acids is 1. The average molecular weight is 432 g/mol. The molecule has 29 heavy (non-hydrogen) atoms. The van der Waals surface area contributed by atoms with Gasteiger partial charge in [0.1, 0.15) is 5.01 Å². The smallest absolute Gasteiger partial charge is 0.307 e. The normalized spacial score (nSPS) is 19.1. The van der Waals surface area contributed by atoms with E-state index in [1.54, 1.807) is 4.68 Å². The number of carboxylic acid groups (broad SMARTS) is 1. The summed E-state index contributed by atoms with van der Waals surface area (Å²) in [6.45, 7) is 3.75. The molecule has 0 spiro atoms. The number of rotatable bonds is 5. The van der Waals surface area contributed by atoms with Gasteiger partial charge in [0.15, 0.2) is 9.84 Å². The van der Waals surface area contributed by atoms with Crippen LogP contribution in [0, 0.1) is 13.8 Å². The summed E-state index contributed by atoms with van der Waals surface area (Å²) in [4.78, 5) is 16.1. The first-order valence-electron chi connectivity index (χ1n) is 9.28. The van der Waals surface area contributed by atoms with Crippen molar-refractivity contribution in [2.45, 2.75) is 32.7 Å². The van der Waals surface area contributed by atoms with Gasteiger partial charge in [0.05, 0.1) is 39.9 Å². The summed E-state index contributed by atoms with van der Waals surface area (Å²) in [6.07, 6.45) is 2.23. The lowest BCUT2D eigenvalue weighted by Crippen LogP contribution is -2.14. The Morgan fingerprint density at radius 1 is 1.34 bits per heavy atom. The molecule has 0 amide bonds. The van der Waals surface area contributed by atoms with Crippen LogP contribution in [0.2, 0.25) is 0 Å². The first-order valence-corrected chi connectivity index (χ1v) is 11.9. The molecule has 1 unspecified atom stereocenters. The quantitative estimate of drug-likeness (QED) is 0.663. The van der Waals surface area contributed by atoms with Crippen LogP contribution < -0.4 is 0 Å². The third-order valence-electron chi connectivity index (χ3n) is 5.16. The number of aliphatic carboxylic acids is 1. The van der Waals surface area contributed by atoms with Crippen molar-refractivity contribution in [3.05, 3.63) is 46.2 Å². The van der Waals surface area contributed by atoms with E-state index in [9.17, 15) is 18.3 Å². The lowest BCUT2D eigenvalue weighted by Gasteiger charge is -2.11. The number of para-hydroxylation sites is 1. The molecule has 152 valence electrons. The van der Waals surface area contributed by atoms with Crippen molar-refractivity contribution in [2.24, 2.45) is 0 Å². The summed E-state index contributed by atoms with van der Waals surface area (Å²) in [5.74, 6) is -0.658. The third kappa shape index (κ3) is 3.97. The van der Waals surface area contributed by atoms with Gasteiger partial charge in [0, 0.05) is 11.3 Å². The number of fused-ring (bicyclic) bond motifs is 1. The Labute approximate surface area is 172 Å². The number of carbonyl (C=O) groups is 1. The van der Waals surface area contributed by atoms with E-state index in [1.807, 2.05) is 44.2 Å². The Kier molecular flexibility index (Phi) is 5.04. The highest BCUT2D eigenvalue weighted by Crippen LogP contribution is 2.33. The molecule has 7 nitrogen and oxygen atoms in total. The maximum absolute atomic E-state index is 11.9. The molecule has 0 aliphatic carbocycles. The Morgan fingerprint density at radius 2 is 2.10 bits per heavy atom. The molecule has 4 rings (SSSR count). The highest BCUT2D eigenvalue weighted by Gasteiger charge is 2.31. The van der Waals surface area contributed by atoms with Crippen LogP contribution in [-0.4, -0.2) is 45.8 Å². The molecule has 1 saturated heterocycles. The molecule has 9 heteroatoms. The van der Waals surface area contributed by atoms with E-state index in [0.717, 1.165) is 27.2 Å². The van der Waals surface area contributed by atoms with Crippen LogP contribution in [0.3, 0.4) is 0 Å². The topological polar surface area (TPSA) is 102 Å². The molecule has 1 N–H and O–H groups in total. The number of nitrogens with zero attached hydrogens (tertiary/aromatic N) is 3. The lowest BCUT2D eigenvalue weighted by molar-refractivity contribution is -0.135. The van der Waals surface area contributed by atoms with Gasteiger partial charge in [-0.1, -0.05) is 12.1 Å². The Morgan fingerprint density at radius 3 is 2.76 bits per heavy atom. The van der Waals surface area contributed by atoms with Crippen LogP contribution in [0.15, 0.2) is 24.3 Å². The number of hydrogen-bond acceptors (Lipinski definition) is 6. The van der Waals surface area contributed by atoms with Gasteiger partial charge in [-0.3, -0.25) is 9.48 Å². The fourth-order valence-electron chi connectivity index (χ4n) is 3.74. The van der Waals surface area contributed by atoms with Gasteiger partial charge in [-0.2, -0.15) is 5.10 Å². The van der Waals surface area contributed by atoms with Crippen LogP contribution in [0.5, 0.6) is 0 Å². The zero-order chi connectivity index (χ0) is 20.8. The van der Waals surface area contributed by atoms with Gasteiger partial charge in [0.25, 0.3) is 0 Å². The molecule has 1 fully saturated rings. The highest BCUT2D eigenvalue weighted by atomic mass is 32.2. The molecule has 0 saturated carbocycles. The first kappa shape index (κ1) is 19.8. The monoisotopic (exact) mass is 431 g/mol. The van der Waals surface area contributed by atoms with Crippen molar-refractivity contribution in [1.29, 1.82) is 0 Å². The summed E-state index contributed by atoms with van der Waals surface area (Å²) in [5, 5.41) is 14.7. The van der Waals surface area contributed by atoms with Gasteiger partial charge in [-0.15, -0.1) is 11.3 Å². The fraction of sp³-hybridized carbons (Fsp3) is 0.350. The van der Waals surface area contributed by atoms with Gasteiger partial charge in [-0.05, 0) is 44.1 Å². The van der Waals surface area contributed by atoms with Crippen molar-refractivity contribution in [1.82, 2.24) is 14.8 Å². The van der Waals surface area contributed by atoms with Crippen molar-refractivity contribution >= 4 is 49.0 Å². The molecular weight excluding hydrogens is 410 g/mol. The van der Waals surface area contributed by atoms with Crippen LogP contribution in [0.25, 0.3) is 21.9 Å². The van der Waals surface area contributed by atoms with Crippen molar-refractivity contribution in [3.8, 4) is 0 Å². The third-order valence-corrected chi connectivity index (χ3v) is 8.03. The van der Waals surface area contributed by atoms with Crippen LogP contribution in [0.1, 0.15) is 40.8 Å². The Hall–Kier alpha value is -2.52. The van der Waals surface area contributed by atoms with E-state index in [1.165, 1.54) is 11.3 Å².